The molecule has 188 valence electrons. The molecule has 4 aliphatic rings. The van der Waals surface area contributed by atoms with Gasteiger partial charge >= 0.3 is 37.7 Å². The van der Waals surface area contributed by atoms with Crippen molar-refractivity contribution in [1.29, 1.82) is 0 Å². The van der Waals surface area contributed by atoms with Crippen LogP contribution in [0.15, 0.2) is 24.3 Å². The van der Waals surface area contributed by atoms with Gasteiger partial charge < -0.3 is 29.6 Å². The van der Waals surface area contributed by atoms with Crippen LogP contribution in [0.3, 0.4) is 0 Å². The van der Waals surface area contributed by atoms with Crippen LogP contribution in [0.2, 0.25) is 0 Å². The van der Waals surface area contributed by atoms with Gasteiger partial charge in [0.2, 0.25) is 0 Å². The number of aromatic nitrogens is 2. The number of hydrogen-bond acceptors (Lipinski definition) is 0. The van der Waals surface area contributed by atoms with E-state index in [1.54, 1.807) is 19.6 Å². The number of rotatable bonds is 8. The molecule has 0 unspecified atom stereocenters. The molecular formula is C28H48Li2N6+4. The second-order valence-corrected chi connectivity index (χ2v) is 11.4. The Hall–Kier alpha value is -0.405. The summed E-state index contributed by atoms with van der Waals surface area (Å²) in [6.45, 7) is 15.4. The van der Waals surface area contributed by atoms with Crippen molar-refractivity contribution in [3.63, 3.8) is 0 Å². The van der Waals surface area contributed by atoms with E-state index in [0.29, 0.717) is 0 Å². The van der Waals surface area contributed by atoms with Crippen molar-refractivity contribution in [2.75, 3.05) is 52.4 Å². The molecule has 0 saturated carbocycles. The van der Waals surface area contributed by atoms with Gasteiger partial charge in [0.25, 0.3) is 0 Å². The molecule has 6 rings (SSSR count). The van der Waals surface area contributed by atoms with Gasteiger partial charge in [0.1, 0.15) is 0 Å². The first kappa shape index (κ1) is 30.1. The van der Waals surface area contributed by atoms with E-state index in [0.717, 1.165) is 26.2 Å². The monoisotopic (exact) mass is 482 g/mol. The van der Waals surface area contributed by atoms with E-state index >= 15 is 0 Å². The molecule has 0 spiro atoms. The zero-order valence-corrected chi connectivity index (χ0v) is 23.3. The summed E-state index contributed by atoms with van der Waals surface area (Å²) < 4.78 is 0. The minimum Gasteiger partial charge on any atom is -0.656 e. The van der Waals surface area contributed by atoms with Gasteiger partial charge in [-0.3, -0.25) is 0 Å². The van der Waals surface area contributed by atoms with E-state index in [2.05, 4.69) is 24.3 Å². The third-order valence-corrected chi connectivity index (χ3v) is 8.48. The normalized spacial score (nSPS) is 21.3. The average Bonchev–Trinajstić information content (AvgIpc) is 3.66. The molecule has 0 radical (unpaired) electrons. The first-order chi connectivity index (χ1) is 16.8. The van der Waals surface area contributed by atoms with Crippen molar-refractivity contribution in [3.05, 3.63) is 47.0 Å². The Morgan fingerprint density at radius 3 is 0.778 bits per heavy atom. The van der Waals surface area contributed by atoms with E-state index in [4.69, 9.17) is 9.97 Å². The maximum Gasteiger partial charge on any atom is 1.00 e. The van der Waals surface area contributed by atoms with Gasteiger partial charge in [0, 0.05) is 51.4 Å². The fourth-order valence-electron chi connectivity index (χ4n) is 6.53. The van der Waals surface area contributed by atoms with Gasteiger partial charge in [-0.1, -0.05) is 24.3 Å². The first-order valence-electron chi connectivity index (χ1n) is 14.4. The predicted molar refractivity (Wildman–Crippen MR) is 134 cm³/mol. The van der Waals surface area contributed by atoms with Crippen molar-refractivity contribution >= 4 is 0 Å². The van der Waals surface area contributed by atoms with E-state index < -0.39 is 0 Å². The average molecular weight is 483 g/mol. The predicted octanol–water partition coefficient (Wildman–Crippen LogP) is -7.99. The molecular weight excluding hydrogens is 434 g/mol. The summed E-state index contributed by atoms with van der Waals surface area (Å²) in [5, 5.41) is 0. The molecule has 4 aliphatic heterocycles. The smallest absolute Gasteiger partial charge is 0.656 e. The fourth-order valence-corrected chi connectivity index (χ4v) is 6.53. The van der Waals surface area contributed by atoms with Crippen LogP contribution in [0.4, 0.5) is 0 Å². The Kier molecular flexibility index (Phi) is 13.3. The van der Waals surface area contributed by atoms with Gasteiger partial charge in [0.15, 0.2) is 0 Å². The van der Waals surface area contributed by atoms with Crippen LogP contribution < -0.4 is 67.3 Å². The largest absolute Gasteiger partial charge is 1.00 e. The molecule has 0 bridgehead atoms. The maximum absolute atomic E-state index is 4.80. The summed E-state index contributed by atoms with van der Waals surface area (Å²) in [5.74, 6) is 0. The number of nitrogens with zero attached hydrogens (tertiary/aromatic N) is 2. The molecule has 8 heteroatoms. The van der Waals surface area contributed by atoms with Crippen molar-refractivity contribution in [2.45, 2.75) is 77.5 Å². The quantitative estimate of drug-likeness (QED) is 0.283. The van der Waals surface area contributed by atoms with Gasteiger partial charge in [-0.05, 0) is 0 Å². The third-order valence-electron chi connectivity index (χ3n) is 8.48. The summed E-state index contributed by atoms with van der Waals surface area (Å²) in [5.41, 5.74) is 5.26. The molecule has 6 nitrogen and oxygen atoms in total. The summed E-state index contributed by atoms with van der Waals surface area (Å²) in [6.07, 6.45) is 11.2. The van der Waals surface area contributed by atoms with Crippen LogP contribution in [0, 0.1) is 0 Å². The molecule has 0 aromatic carbocycles. The van der Waals surface area contributed by atoms with Crippen LogP contribution in [0.5, 0.6) is 0 Å². The minimum absolute atomic E-state index is 0. The number of hydrogen-bond donors (Lipinski definition) is 4. The zero-order valence-electron chi connectivity index (χ0n) is 23.3. The topological polar surface area (TPSA) is 46.0 Å². The van der Waals surface area contributed by atoms with E-state index in [1.165, 1.54) is 127 Å². The zero-order chi connectivity index (χ0) is 23.0. The molecule has 4 fully saturated rings. The Balaban J connectivity index is 0.000000190. The van der Waals surface area contributed by atoms with Gasteiger partial charge in [-0.25, -0.2) is 0 Å². The molecule has 4 N–H and O–H groups in total. The fraction of sp³-hybridized carbons (Fsp3) is 0.714. The summed E-state index contributed by atoms with van der Waals surface area (Å²) in [7, 11) is 0. The van der Waals surface area contributed by atoms with E-state index in [9.17, 15) is 0 Å². The van der Waals surface area contributed by atoms with Crippen molar-refractivity contribution in [1.82, 2.24) is 9.97 Å². The number of likely N-dealkylation sites (tertiary alicyclic amines) is 4. The molecule has 2 aromatic rings. The second-order valence-electron chi connectivity index (χ2n) is 11.4. The maximum atomic E-state index is 4.80. The van der Waals surface area contributed by atoms with Crippen LogP contribution in [0.25, 0.3) is 0 Å². The summed E-state index contributed by atoms with van der Waals surface area (Å²) in [4.78, 5) is 16.5. The van der Waals surface area contributed by atoms with Crippen LogP contribution >= 0.6 is 0 Å². The Morgan fingerprint density at radius 2 is 0.583 bits per heavy atom. The summed E-state index contributed by atoms with van der Waals surface area (Å²) in [6, 6.07) is 8.98. The number of quaternary nitrogens is 4. The second kappa shape index (κ2) is 15.9. The third kappa shape index (κ3) is 9.41. The van der Waals surface area contributed by atoms with Gasteiger partial charge in [0.05, 0.1) is 78.5 Å². The Bertz CT molecular complexity index is 709. The number of nitrogens with one attached hydrogen (secondary N) is 4. The first-order valence-corrected chi connectivity index (χ1v) is 14.4. The van der Waals surface area contributed by atoms with E-state index in [1.807, 2.05) is 0 Å². The SMILES string of the molecule is [Li+].[Li+].c1cc(C[NH+]2CCCC2)[n-]c1C[NH+]1CCCC1.c1cc(C[NH+]2CCCC2)[n-]c1C[NH+]1CCCC1. The van der Waals surface area contributed by atoms with Gasteiger partial charge in [-0.2, -0.15) is 0 Å². The molecule has 36 heavy (non-hydrogen) atoms. The Labute approximate surface area is 243 Å². The molecule has 0 aliphatic carbocycles. The van der Waals surface area contributed by atoms with Crippen LogP contribution in [0.1, 0.15) is 74.1 Å². The van der Waals surface area contributed by atoms with Crippen molar-refractivity contribution in [2.24, 2.45) is 0 Å². The molecule has 4 saturated heterocycles. The summed E-state index contributed by atoms with van der Waals surface area (Å²) >= 11 is 0. The molecule has 2 aromatic heterocycles. The molecule has 0 amide bonds. The van der Waals surface area contributed by atoms with E-state index in [-0.39, 0.29) is 37.7 Å². The molecule has 0 atom stereocenters. The van der Waals surface area contributed by atoms with Crippen molar-refractivity contribution < 1.29 is 57.3 Å². The van der Waals surface area contributed by atoms with Gasteiger partial charge in [-0.15, -0.1) is 22.8 Å². The minimum atomic E-state index is 0. The molecule has 6 heterocycles. The Morgan fingerprint density at radius 1 is 0.389 bits per heavy atom. The standard InChI is InChI=1S/2C14H22N3.2Li/c2*1-2-8-16(7-1)11-13-5-6-14(15-13)12-17-9-3-4-10-17;;/h2*5-6H,1-4,7-12H2;;/q2*-1;2*+1/p+4. The van der Waals surface area contributed by atoms with Crippen LogP contribution in [-0.2, 0) is 26.2 Å². The van der Waals surface area contributed by atoms with Crippen molar-refractivity contribution in [3.8, 4) is 0 Å². The van der Waals surface area contributed by atoms with Crippen LogP contribution in [-0.4, -0.2) is 52.4 Å².